The Labute approximate surface area is 95.4 Å². The number of rotatable bonds is 4. The first kappa shape index (κ1) is 12.5. The van der Waals surface area contributed by atoms with Crippen LogP contribution in [0.3, 0.4) is 0 Å². The normalized spacial score (nSPS) is 15.0. The van der Waals surface area contributed by atoms with Gasteiger partial charge in [0.05, 0.1) is 0 Å². The van der Waals surface area contributed by atoms with E-state index in [1.54, 1.807) is 6.07 Å². The Hall–Kier alpha value is -0.600. The summed E-state index contributed by atoms with van der Waals surface area (Å²) in [7, 11) is 0. The fourth-order valence-corrected chi connectivity index (χ4v) is 1.96. The van der Waals surface area contributed by atoms with Gasteiger partial charge in [-0.05, 0) is 43.5 Å². The van der Waals surface area contributed by atoms with Gasteiger partial charge in [0, 0.05) is 10.6 Å². The monoisotopic (exact) mass is 229 g/mol. The molecule has 3 heteroatoms. The summed E-state index contributed by atoms with van der Waals surface area (Å²) in [5.41, 5.74) is 6.57. The second-order valence-electron chi connectivity index (χ2n) is 4.32. The molecule has 15 heavy (non-hydrogen) atoms. The molecule has 0 saturated carbocycles. The predicted octanol–water partition coefficient (Wildman–Crippen LogP) is 3.54. The summed E-state index contributed by atoms with van der Waals surface area (Å²) < 4.78 is 13.0. The van der Waals surface area contributed by atoms with Crippen molar-refractivity contribution < 1.29 is 4.39 Å². The van der Waals surface area contributed by atoms with Gasteiger partial charge in [0.25, 0.3) is 0 Å². The molecule has 1 nitrogen and oxygen atoms in total. The Morgan fingerprint density at radius 1 is 1.47 bits per heavy atom. The molecular weight excluding hydrogens is 213 g/mol. The van der Waals surface area contributed by atoms with Crippen molar-refractivity contribution in [2.45, 2.75) is 38.6 Å². The van der Waals surface area contributed by atoms with E-state index in [1.165, 1.54) is 12.1 Å². The Bertz CT molecular complexity index is 336. The Morgan fingerprint density at radius 3 is 2.73 bits per heavy atom. The summed E-state index contributed by atoms with van der Waals surface area (Å²) in [4.78, 5) is 0. The fraction of sp³-hybridized carbons (Fsp3) is 0.500. The Kier molecular flexibility index (Phi) is 4.12. The molecule has 1 rings (SSSR count). The van der Waals surface area contributed by atoms with E-state index in [4.69, 9.17) is 17.3 Å². The van der Waals surface area contributed by atoms with Crippen molar-refractivity contribution in [2.24, 2.45) is 5.73 Å². The first-order valence-corrected chi connectivity index (χ1v) is 5.55. The van der Waals surface area contributed by atoms with E-state index in [9.17, 15) is 4.39 Å². The highest BCUT2D eigenvalue weighted by atomic mass is 35.5. The van der Waals surface area contributed by atoms with Gasteiger partial charge in [-0.1, -0.05) is 24.9 Å². The van der Waals surface area contributed by atoms with Crippen LogP contribution in [-0.4, -0.2) is 5.54 Å². The average molecular weight is 230 g/mol. The maximum absolute atomic E-state index is 13.0. The number of hydrogen-bond acceptors (Lipinski definition) is 1. The third kappa shape index (κ3) is 3.80. The van der Waals surface area contributed by atoms with Crippen molar-refractivity contribution >= 4 is 11.6 Å². The van der Waals surface area contributed by atoms with Crippen LogP contribution in [0.15, 0.2) is 18.2 Å². The molecule has 2 N–H and O–H groups in total. The van der Waals surface area contributed by atoms with E-state index in [-0.39, 0.29) is 11.4 Å². The van der Waals surface area contributed by atoms with E-state index in [1.807, 2.05) is 6.92 Å². The summed E-state index contributed by atoms with van der Waals surface area (Å²) in [5.74, 6) is -0.262. The highest BCUT2D eigenvalue weighted by molar-refractivity contribution is 6.31. The average Bonchev–Trinajstić information content (AvgIpc) is 2.10. The van der Waals surface area contributed by atoms with Crippen LogP contribution in [0, 0.1) is 5.82 Å². The minimum absolute atomic E-state index is 0.262. The van der Waals surface area contributed by atoms with Gasteiger partial charge in [-0.25, -0.2) is 4.39 Å². The first-order valence-electron chi connectivity index (χ1n) is 5.17. The fourth-order valence-electron chi connectivity index (χ4n) is 1.77. The number of hydrogen-bond donors (Lipinski definition) is 1. The molecule has 0 fully saturated rings. The van der Waals surface area contributed by atoms with Gasteiger partial charge in [0.2, 0.25) is 0 Å². The van der Waals surface area contributed by atoms with Crippen LogP contribution in [-0.2, 0) is 6.42 Å². The van der Waals surface area contributed by atoms with Crippen LogP contribution in [0.25, 0.3) is 0 Å². The van der Waals surface area contributed by atoms with Gasteiger partial charge in [-0.3, -0.25) is 0 Å². The SMILES string of the molecule is CCCC(C)(N)Cc1cc(F)ccc1Cl. The zero-order chi connectivity index (χ0) is 11.5. The van der Waals surface area contributed by atoms with Crippen molar-refractivity contribution in [3.63, 3.8) is 0 Å². The Morgan fingerprint density at radius 2 is 2.13 bits per heavy atom. The molecule has 0 aromatic heterocycles. The van der Waals surface area contributed by atoms with Crippen molar-refractivity contribution in [1.82, 2.24) is 0 Å². The largest absolute Gasteiger partial charge is 0.325 e. The molecule has 0 aliphatic rings. The zero-order valence-electron chi connectivity index (χ0n) is 9.19. The Balaban J connectivity index is 2.83. The molecule has 0 amide bonds. The van der Waals surface area contributed by atoms with Crippen LogP contribution < -0.4 is 5.73 Å². The maximum Gasteiger partial charge on any atom is 0.123 e. The highest BCUT2D eigenvalue weighted by Crippen LogP contribution is 2.23. The quantitative estimate of drug-likeness (QED) is 0.840. The first-order chi connectivity index (χ1) is 6.94. The number of halogens is 2. The van der Waals surface area contributed by atoms with Crippen LogP contribution in [0.2, 0.25) is 5.02 Å². The summed E-state index contributed by atoms with van der Waals surface area (Å²) in [5, 5.41) is 0.587. The molecule has 0 bridgehead atoms. The molecule has 0 heterocycles. The lowest BCUT2D eigenvalue weighted by Crippen LogP contribution is -2.38. The van der Waals surface area contributed by atoms with Crippen molar-refractivity contribution in [3.05, 3.63) is 34.6 Å². The zero-order valence-corrected chi connectivity index (χ0v) is 9.94. The number of nitrogens with two attached hydrogens (primary N) is 1. The van der Waals surface area contributed by atoms with Crippen molar-refractivity contribution in [2.75, 3.05) is 0 Å². The lowest BCUT2D eigenvalue weighted by molar-refractivity contribution is 0.424. The molecule has 0 radical (unpaired) electrons. The lowest BCUT2D eigenvalue weighted by Gasteiger charge is -2.24. The van der Waals surface area contributed by atoms with Gasteiger partial charge in [-0.15, -0.1) is 0 Å². The van der Waals surface area contributed by atoms with E-state index >= 15 is 0 Å². The van der Waals surface area contributed by atoms with Gasteiger partial charge in [-0.2, -0.15) is 0 Å². The maximum atomic E-state index is 13.0. The highest BCUT2D eigenvalue weighted by Gasteiger charge is 2.19. The molecule has 0 spiro atoms. The molecule has 1 aromatic rings. The van der Waals surface area contributed by atoms with Gasteiger partial charge >= 0.3 is 0 Å². The lowest BCUT2D eigenvalue weighted by atomic mass is 9.89. The summed E-state index contributed by atoms with van der Waals surface area (Å²) in [6, 6.07) is 4.40. The van der Waals surface area contributed by atoms with Crippen LogP contribution in [0.1, 0.15) is 32.3 Å². The third-order valence-corrected chi connectivity index (χ3v) is 2.79. The minimum atomic E-state index is -0.313. The summed E-state index contributed by atoms with van der Waals surface area (Å²) in [6.07, 6.45) is 2.53. The van der Waals surface area contributed by atoms with E-state index < -0.39 is 0 Å². The van der Waals surface area contributed by atoms with E-state index in [2.05, 4.69) is 6.92 Å². The summed E-state index contributed by atoms with van der Waals surface area (Å²) in [6.45, 7) is 4.05. The molecule has 1 atom stereocenters. The minimum Gasteiger partial charge on any atom is -0.325 e. The van der Waals surface area contributed by atoms with E-state index in [0.29, 0.717) is 11.4 Å². The molecule has 0 saturated heterocycles. The molecule has 1 unspecified atom stereocenters. The predicted molar refractivity (Wildman–Crippen MR) is 62.6 cm³/mol. The molecule has 1 aromatic carbocycles. The molecular formula is C12H17ClFN. The van der Waals surface area contributed by atoms with Crippen molar-refractivity contribution in [3.8, 4) is 0 Å². The molecule has 84 valence electrons. The second-order valence-corrected chi connectivity index (χ2v) is 4.72. The van der Waals surface area contributed by atoms with Gasteiger partial charge < -0.3 is 5.73 Å². The van der Waals surface area contributed by atoms with Gasteiger partial charge in [0.1, 0.15) is 5.82 Å². The van der Waals surface area contributed by atoms with Crippen molar-refractivity contribution in [1.29, 1.82) is 0 Å². The smallest absolute Gasteiger partial charge is 0.123 e. The van der Waals surface area contributed by atoms with Gasteiger partial charge in [0.15, 0.2) is 0 Å². The molecule has 0 aliphatic carbocycles. The topological polar surface area (TPSA) is 26.0 Å². The van der Waals surface area contributed by atoms with Crippen LogP contribution in [0.5, 0.6) is 0 Å². The summed E-state index contributed by atoms with van der Waals surface area (Å²) >= 11 is 5.98. The van der Waals surface area contributed by atoms with E-state index in [0.717, 1.165) is 18.4 Å². The van der Waals surface area contributed by atoms with Crippen LogP contribution >= 0.6 is 11.6 Å². The molecule has 0 aliphatic heterocycles. The number of benzene rings is 1. The third-order valence-electron chi connectivity index (χ3n) is 2.42. The van der Waals surface area contributed by atoms with Crippen LogP contribution in [0.4, 0.5) is 4.39 Å². The second kappa shape index (κ2) is 4.95. The standard InChI is InChI=1S/C12H17ClFN/c1-3-6-12(2,15)8-9-7-10(14)4-5-11(9)13/h4-5,7H,3,6,8,15H2,1-2H3.